The van der Waals surface area contributed by atoms with Gasteiger partial charge < -0.3 is 20.6 Å². The van der Waals surface area contributed by atoms with Crippen LogP contribution in [0.3, 0.4) is 0 Å². The Hall–Kier alpha value is -3.14. The number of carbonyl (C=O) groups is 1. The average molecular weight is 430 g/mol. The van der Waals surface area contributed by atoms with E-state index in [1.54, 1.807) is 13.1 Å². The number of nitrogen functional groups attached to an aromatic ring is 1. The molecule has 0 radical (unpaired) electrons. The summed E-state index contributed by atoms with van der Waals surface area (Å²) < 4.78 is 26.3. The standard InChI is InChI=1S/C20H23N5O4S/c1-12-6-17(30(28,29)11-13-2-3-13)19(21)20(27)25(12)10-18(26)24-8-15-7-14-4-5-22-16(14)9-23-15/h4-7,9,13,22H,2-3,8,10-11,21H2,1H3,(H,24,26). The van der Waals surface area contributed by atoms with E-state index in [1.165, 1.54) is 10.6 Å². The first-order valence-electron chi connectivity index (χ1n) is 9.66. The average Bonchev–Trinajstić information content (AvgIpc) is 3.37. The molecular weight excluding hydrogens is 406 g/mol. The van der Waals surface area contributed by atoms with Crippen LogP contribution in [0.1, 0.15) is 24.2 Å². The summed E-state index contributed by atoms with van der Waals surface area (Å²) in [6, 6.07) is 5.15. The molecule has 0 aliphatic heterocycles. The SMILES string of the molecule is Cc1cc(S(=O)(=O)CC2CC2)c(N)c(=O)n1CC(=O)NCc1cc2cc[nH]c2cn1. The Bertz CT molecular complexity index is 1290. The van der Waals surface area contributed by atoms with Crippen LogP contribution in [0.15, 0.2) is 40.3 Å². The molecule has 30 heavy (non-hydrogen) atoms. The zero-order chi connectivity index (χ0) is 21.5. The van der Waals surface area contributed by atoms with Gasteiger partial charge in [-0.15, -0.1) is 0 Å². The third-order valence-corrected chi connectivity index (χ3v) is 7.17. The molecule has 0 saturated heterocycles. The van der Waals surface area contributed by atoms with Crippen LogP contribution in [0, 0.1) is 12.8 Å². The van der Waals surface area contributed by atoms with Gasteiger partial charge in [-0.2, -0.15) is 0 Å². The van der Waals surface area contributed by atoms with Crippen LogP contribution < -0.4 is 16.6 Å². The number of hydrogen-bond acceptors (Lipinski definition) is 6. The minimum absolute atomic E-state index is 0.000926. The van der Waals surface area contributed by atoms with Crippen molar-refractivity contribution < 1.29 is 13.2 Å². The summed E-state index contributed by atoms with van der Waals surface area (Å²) in [7, 11) is -3.63. The third-order valence-electron chi connectivity index (χ3n) is 5.26. The van der Waals surface area contributed by atoms with E-state index in [4.69, 9.17) is 5.73 Å². The fraction of sp³-hybridized carbons (Fsp3) is 0.350. The third kappa shape index (κ3) is 4.09. The summed E-state index contributed by atoms with van der Waals surface area (Å²) in [6.45, 7) is 1.53. The molecule has 1 saturated carbocycles. The van der Waals surface area contributed by atoms with E-state index in [1.807, 2.05) is 18.3 Å². The van der Waals surface area contributed by atoms with Crippen molar-refractivity contribution in [2.75, 3.05) is 11.5 Å². The van der Waals surface area contributed by atoms with E-state index >= 15 is 0 Å². The monoisotopic (exact) mass is 429 g/mol. The van der Waals surface area contributed by atoms with E-state index in [2.05, 4.69) is 15.3 Å². The summed E-state index contributed by atoms with van der Waals surface area (Å²) in [5, 5.41) is 3.71. The minimum Gasteiger partial charge on any atom is -0.393 e. The predicted molar refractivity (Wildman–Crippen MR) is 113 cm³/mol. The summed E-state index contributed by atoms with van der Waals surface area (Å²) in [5.74, 6) is -0.259. The maximum Gasteiger partial charge on any atom is 0.275 e. The van der Waals surface area contributed by atoms with Crippen molar-refractivity contribution >= 4 is 32.3 Å². The molecular formula is C20H23N5O4S. The Morgan fingerprint density at radius 2 is 2.13 bits per heavy atom. The predicted octanol–water partition coefficient (Wildman–Crippen LogP) is 1.12. The maximum absolute atomic E-state index is 12.7. The van der Waals surface area contributed by atoms with Gasteiger partial charge in [-0.1, -0.05) is 0 Å². The molecule has 9 nitrogen and oxygen atoms in total. The van der Waals surface area contributed by atoms with Crippen molar-refractivity contribution in [1.29, 1.82) is 0 Å². The number of rotatable bonds is 7. The van der Waals surface area contributed by atoms with Crippen LogP contribution >= 0.6 is 0 Å². The van der Waals surface area contributed by atoms with Gasteiger partial charge in [0.15, 0.2) is 9.84 Å². The molecule has 1 aliphatic rings. The maximum atomic E-state index is 12.7. The van der Waals surface area contributed by atoms with Crippen LogP contribution in [-0.2, 0) is 27.7 Å². The smallest absolute Gasteiger partial charge is 0.275 e. The molecule has 4 N–H and O–H groups in total. The quantitative estimate of drug-likeness (QED) is 0.514. The van der Waals surface area contributed by atoms with Crippen molar-refractivity contribution in [3.63, 3.8) is 0 Å². The molecule has 3 aromatic heterocycles. The van der Waals surface area contributed by atoms with E-state index in [0.717, 1.165) is 23.7 Å². The Morgan fingerprint density at radius 3 is 2.87 bits per heavy atom. The first kappa shape index (κ1) is 20.1. The van der Waals surface area contributed by atoms with E-state index < -0.39 is 21.3 Å². The highest BCUT2D eigenvalue weighted by Gasteiger charge is 2.31. The zero-order valence-corrected chi connectivity index (χ0v) is 17.3. The van der Waals surface area contributed by atoms with Gasteiger partial charge in [0.1, 0.15) is 12.2 Å². The van der Waals surface area contributed by atoms with Gasteiger partial charge in [-0.25, -0.2) is 8.42 Å². The van der Waals surface area contributed by atoms with Gasteiger partial charge >= 0.3 is 0 Å². The largest absolute Gasteiger partial charge is 0.393 e. The van der Waals surface area contributed by atoms with Gasteiger partial charge in [-0.05, 0) is 43.9 Å². The molecule has 0 spiro atoms. The van der Waals surface area contributed by atoms with Gasteiger partial charge in [0.25, 0.3) is 5.56 Å². The van der Waals surface area contributed by atoms with Crippen molar-refractivity contribution in [3.05, 3.63) is 52.3 Å². The molecule has 0 atom stereocenters. The van der Waals surface area contributed by atoms with Crippen LogP contribution in [0.4, 0.5) is 5.69 Å². The molecule has 3 aromatic rings. The second-order valence-electron chi connectivity index (χ2n) is 7.70. The molecule has 0 aromatic carbocycles. The van der Waals surface area contributed by atoms with Gasteiger partial charge in [-0.3, -0.25) is 14.6 Å². The number of sulfone groups is 1. The van der Waals surface area contributed by atoms with Gasteiger partial charge in [0, 0.05) is 17.3 Å². The van der Waals surface area contributed by atoms with E-state index in [-0.39, 0.29) is 35.3 Å². The Balaban J connectivity index is 1.48. The van der Waals surface area contributed by atoms with Crippen molar-refractivity contribution in [1.82, 2.24) is 19.9 Å². The second kappa shape index (κ2) is 7.60. The van der Waals surface area contributed by atoms with Gasteiger partial charge in [0.05, 0.1) is 34.6 Å². The van der Waals surface area contributed by atoms with Crippen molar-refractivity contribution in [2.45, 2.75) is 37.8 Å². The molecule has 1 fully saturated rings. The highest BCUT2D eigenvalue weighted by atomic mass is 32.2. The molecule has 1 aliphatic carbocycles. The lowest BCUT2D eigenvalue weighted by molar-refractivity contribution is -0.121. The molecule has 158 valence electrons. The van der Waals surface area contributed by atoms with Crippen molar-refractivity contribution in [3.8, 4) is 0 Å². The number of H-pyrrole nitrogens is 1. The number of fused-ring (bicyclic) bond motifs is 1. The molecule has 0 bridgehead atoms. The number of amides is 1. The number of nitrogens with two attached hydrogens (primary N) is 1. The Labute approximate surface area is 173 Å². The van der Waals surface area contributed by atoms with E-state index in [0.29, 0.717) is 11.4 Å². The van der Waals surface area contributed by atoms with Crippen molar-refractivity contribution in [2.24, 2.45) is 5.92 Å². The molecule has 3 heterocycles. The van der Waals surface area contributed by atoms with Crippen LogP contribution in [0.5, 0.6) is 0 Å². The highest BCUT2D eigenvalue weighted by Crippen LogP contribution is 2.33. The lowest BCUT2D eigenvalue weighted by Gasteiger charge is -2.14. The first-order chi connectivity index (χ1) is 14.2. The summed E-state index contributed by atoms with van der Waals surface area (Å²) in [4.78, 5) is 32.2. The lowest BCUT2D eigenvalue weighted by Crippen LogP contribution is -2.35. The van der Waals surface area contributed by atoms with Crippen LogP contribution in [0.2, 0.25) is 0 Å². The molecule has 1 amide bonds. The first-order valence-corrected chi connectivity index (χ1v) is 11.3. The fourth-order valence-electron chi connectivity index (χ4n) is 3.38. The number of carbonyl (C=O) groups excluding carboxylic acids is 1. The summed E-state index contributed by atoms with van der Waals surface area (Å²) in [5.41, 5.74) is 6.80. The van der Waals surface area contributed by atoms with E-state index in [9.17, 15) is 18.0 Å². The Kier molecular flexibility index (Phi) is 5.10. The summed E-state index contributed by atoms with van der Waals surface area (Å²) in [6.07, 6.45) is 5.25. The van der Waals surface area contributed by atoms with Crippen LogP contribution in [0.25, 0.3) is 10.9 Å². The topological polar surface area (TPSA) is 140 Å². The number of pyridine rings is 2. The number of nitrogens with zero attached hydrogens (tertiary/aromatic N) is 2. The fourth-order valence-corrected chi connectivity index (χ4v) is 5.28. The van der Waals surface area contributed by atoms with Gasteiger partial charge in [0.2, 0.25) is 5.91 Å². The zero-order valence-electron chi connectivity index (χ0n) is 16.5. The number of aryl methyl sites for hydroxylation is 1. The normalized spacial score (nSPS) is 14.2. The number of anilines is 1. The highest BCUT2D eigenvalue weighted by molar-refractivity contribution is 7.91. The molecule has 10 heteroatoms. The molecule has 0 unspecified atom stereocenters. The minimum atomic E-state index is -3.63. The van der Waals surface area contributed by atoms with Crippen LogP contribution in [-0.4, -0.2) is 34.6 Å². The number of hydrogen-bond donors (Lipinski definition) is 3. The Morgan fingerprint density at radius 1 is 1.37 bits per heavy atom. The summed E-state index contributed by atoms with van der Waals surface area (Å²) >= 11 is 0. The molecule has 4 rings (SSSR count). The number of aromatic amines is 1. The lowest BCUT2D eigenvalue weighted by atomic mass is 10.2. The number of nitrogens with one attached hydrogen (secondary N) is 2. The second-order valence-corrected chi connectivity index (χ2v) is 9.70. The number of aromatic nitrogens is 3.